The summed E-state index contributed by atoms with van der Waals surface area (Å²) >= 11 is 0. The molecule has 0 rings (SSSR count). The third kappa shape index (κ3) is 4.18. The van der Waals surface area contributed by atoms with Crippen molar-refractivity contribution < 1.29 is 10.0 Å². The molecule has 0 aromatic carbocycles. The number of hydrogen-bond acceptors (Lipinski definition) is 3. The molecule has 0 aliphatic carbocycles. The van der Waals surface area contributed by atoms with E-state index >= 15 is 0 Å². The highest BCUT2D eigenvalue weighted by molar-refractivity contribution is 6.01. The summed E-state index contributed by atoms with van der Waals surface area (Å²) in [5, 5.41) is 11.3. The van der Waals surface area contributed by atoms with Crippen molar-refractivity contribution in [1.29, 1.82) is 0 Å². The molecule has 0 radical (unpaired) electrons. The van der Waals surface area contributed by atoms with Gasteiger partial charge in [0.1, 0.15) is 0 Å². The van der Waals surface area contributed by atoms with Crippen LogP contribution in [-0.2, 0) is 4.79 Å². The molecule has 0 saturated heterocycles. The first-order valence-electron chi connectivity index (χ1n) is 5.20. The van der Waals surface area contributed by atoms with Crippen LogP contribution in [0.4, 0.5) is 0 Å². The molecule has 1 unspecified atom stereocenters. The summed E-state index contributed by atoms with van der Waals surface area (Å²) in [5.74, 6) is -0.286. The molecule has 0 aromatic heterocycles. The zero-order valence-corrected chi connectivity index (χ0v) is 9.90. The number of rotatable bonds is 5. The Morgan fingerprint density at radius 2 is 2.00 bits per heavy atom. The second-order valence-corrected chi connectivity index (χ2v) is 4.02. The van der Waals surface area contributed by atoms with Gasteiger partial charge in [0.2, 0.25) is 5.91 Å². The van der Waals surface area contributed by atoms with E-state index in [2.05, 4.69) is 5.16 Å². The molecule has 0 aliphatic heterocycles. The molecule has 0 aromatic rings. The Morgan fingerprint density at radius 1 is 1.47 bits per heavy atom. The van der Waals surface area contributed by atoms with Crippen LogP contribution in [0.1, 0.15) is 27.7 Å². The van der Waals surface area contributed by atoms with Crippen LogP contribution < -0.4 is 5.73 Å². The van der Waals surface area contributed by atoms with Gasteiger partial charge in [-0.25, -0.2) is 0 Å². The van der Waals surface area contributed by atoms with Crippen LogP contribution in [-0.4, -0.2) is 34.9 Å². The van der Waals surface area contributed by atoms with Gasteiger partial charge in [0.15, 0.2) is 5.84 Å². The summed E-state index contributed by atoms with van der Waals surface area (Å²) in [7, 11) is 0. The van der Waals surface area contributed by atoms with Crippen LogP contribution in [0, 0.1) is 11.8 Å². The van der Waals surface area contributed by atoms with Gasteiger partial charge in [-0.3, -0.25) is 4.79 Å². The van der Waals surface area contributed by atoms with Crippen molar-refractivity contribution in [3.8, 4) is 0 Å². The quantitative estimate of drug-likeness (QED) is 0.309. The van der Waals surface area contributed by atoms with Gasteiger partial charge in [-0.1, -0.05) is 19.0 Å². The van der Waals surface area contributed by atoms with Crippen LogP contribution in [0.5, 0.6) is 0 Å². The van der Waals surface area contributed by atoms with E-state index in [1.165, 1.54) is 0 Å². The predicted octanol–water partition coefficient (Wildman–Crippen LogP) is 0.873. The molecule has 1 atom stereocenters. The number of hydrogen-bond donors (Lipinski definition) is 2. The lowest BCUT2D eigenvalue weighted by atomic mass is 10.1. The maximum absolute atomic E-state index is 11.9. The molecular formula is C10H21N3O2. The molecule has 0 heterocycles. The van der Waals surface area contributed by atoms with E-state index < -0.39 is 5.92 Å². The molecule has 0 aliphatic rings. The smallest absolute Gasteiger partial charge is 0.233 e. The van der Waals surface area contributed by atoms with Gasteiger partial charge in [0.25, 0.3) is 0 Å². The zero-order chi connectivity index (χ0) is 12.0. The number of carbonyl (C=O) groups is 1. The van der Waals surface area contributed by atoms with Gasteiger partial charge < -0.3 is 15.8 Å². The molecule has 3 N–H and O–H groups in total. The van der Waals surface area contributed by atoms with Crippen molar-refractivity contribution in [1.82, 2.24) is 4.90 Å². The largest absolute Gasteiger partial charge is 0.409 e. The monoisotopic (exact) mass is 215 g/mol. The Morgan fingerprint density at radius 3 is 2.33 bits per heavy atom. The second-order valence-electron chi connectivity index (χ2n) is 4.02. The van der Waals surface area contributed by atoms with E-state index in [0.29, 0.717) is 19.0 Å². The van der Waals surface area contributed by atoms with E-state index in [0.717, 1.165) is 0 Å². The van der Waals surface area contributed by atoms with E-state index in [1.807, 2.05) is 20.8 Å². The fraction of sp³-hybridized carbons (Fsp3) is 0.800. The fourth-order valence-corrected chi connectivity index (χ4v) is 1.30. The lowest BCUT2D eigenvalue weighted by Crippen LogP contribution is -2.42. The normalized spacial score (nSPS) is 14.1. The SMILES string of the molecule is CCN(CC(C)C)C(=O)C(C)C(N)=NO. The van der Waals surface area contributed by atoms with E-state index in [1.54, 1.807) is 11.8 Å². The number of nitrogens with two attached hydrogens (primary N) is 1. The first kappa shape index (κ1) is 13.7. The Balaban J connectivity index is 4.51. The Hall–Kier alpha value is -1.26. The maximum Gasteiger partial charge on any atom is 0.233 e. The van der Waals surface area contributed by atoms with E-state index in [-0.39, 0.29) is 11.7 Å². The Labute approximate surface area is 90.9 Å². The third-order valence-electron chi connectivity index (χ3n) is 2.21. The second kappa shape index (κ2) is 6.27. The third-order valence-corrected chi connectivity index (χ3v) is 2.21. The lowest BCUT2D eigenvalue weighted by Gasteiger charge is -2.25. The molecule has 5 nitrogen and oxygen atoms in total. The standard InChI is InChI=1S/C10H21N3O2/c1-5-13(6-7(2)3)10(14)8(4)9(11)12-15/h7-8,15H,5-6H2,1-4H3,(H2,11,12). The van der Waals surface area contributed by atoms with Crippen molar-refractivity contribution in [3.05, 3.63) is 0 Å². The number of oxime groups is 1. The van der Waals surface area contributed by atoms with Gasteiger partial charge in [-0.05, 0) is 19.8 Å². The van der Waals surface area contributed by atoms with E-state index in [9.17, 15) is 4.79 Å². The van der Waals surface area contributed by atoms with Gasteiger partial charge >= 0.3 is 0 Å². The minimum atomic E-state index is -0.561. The first-order chi connectivity index (χ1) is 6.93. The highest BCUT2D eigenvalue weighted by atomic mass is 16.4. The molecule has 0 spiro atoms. The van der Waals surface area contributed by atoms with Crippen molar-refractivity contribution in [2.45, 2.75) is 27.7 Å². The minimum absolute atomic E-state index is 0.0396. The van der Waals surface area contributed by atoms with Gasteiger partial charge in [0, 0.05) is 13.1 Å². The molecule has 0 fully saturated rings. The van der Waals surface area contributed by atoms with Crippen LogP contribution in [0.25, 0.3) is 0 Å². The van der Waals surface area contributed by atoms with Crippen LogP contribution in [0.3, 0.4) is 0 Å². The summed E-state index contributed by atoms with van der Waals surface area (Å²) < 4.78 is 0. The molecule has 1 amide bonds. The van der Waals surface area contributed by atoms with Gasteiger partial charge in [0.05, 0.1) is 5.92 Å². The molecule has 5 heteroatoms. The molecule has 0 saturated carbocycles. The van der Waals surface area contributed by atoms with E-state index in [4.69, 9.17) is 10.9 Å². The summed E-state index contributed by atoms with van der Waals surface area (Å²) in [4.78, 5) is 13.6. The summed E-state index contributed by atoms with van der Waals surface area (Å²) in [6.07, 6.45) is 0. The molecular weight excluding hydrogens is 194 g/mol. The highest BCUT2D eigenvalue weighted by Crippen LogP contribution is 2.06. The summed E-state index contributed by atoms with van der Waals surface area (Å²) in [6.45, 7) is 8.98. The number of carbonyl (C=O) groups excluding carboxylic acids is 1. The molecule has 15 heavy (non-hydrogen) atoms. The number of nitrogens with zero attached hydrogens (tertiary/aromatic N) is 2. The number of amidine groups is 1. The fourth-order valence-electron chi connectivity index (χ4n) is 1.30. The minimum Gasteiger partial charge on any atom is -0.409 e. The number of amides is 1. The summed E-state index contributed by atoms with van der Waals surface area (Å²) in [6, 6.07) is 0. The average molecular weight is 215 g/mol. The molecule has 88 valence electrons. The molecule has 0 bridgehead atoms. The van der Waals surface area contributed by atoms with Gasteiger partial charge in [-0.15, -0.1) is 0 Å². The maximum atomic E-state index is 11.9. The summed E-state index contributed by atoms with van der Waals surface area (Å²) in [5.41, 5.74) is 5.39. The van der Waals surface area contributed by atoms with Crippen LogP contribution in [0.15, 0.2) is 5.16 Å². The topological polar surface area (TPSA) is 78.9 Å². The Kier molecular flexibility index (Phi) is 5.74. The van der Waals surface area contributed by atoms with Crippen molar-refractivity contribution >= 4 is 11.7 Å². The first-order valence-corrected chi connectivity index (χ1v) is 5.20. The Bertz CT molecular complexity index is 239. The highest BCUT2D eigenvalue weighted by Gasteiger charge is 2.23. The zero-order valence-electron chi connectivity index (χ0n) is 9.90. The van der Waals surface area contributed by atoms with Crippen LogP contribution in [0.2, 0.25) is 0 Å². The van der Waals surface area contributed by atoms with Crippen molar-refractivity contribution in [3.63, 3.8) is 0 Å². The van der Waals surface area contributed by atoms with Crippen molar-refractivity contribution in [2.24, 2.45) is 22.7 Å². The van der Waals surface area contributed by atoms with Crippen LogP contribution >= 0.6 is 0 Å². The predicted molar refractivity (Wildman–Crippen MR) is 59.7 cm³/mol. The van der Waals surface area contributed by atoms with Gasteiger partial charge in [-0.2, -0.15) is 0 Å². The average Bonchev–Trinajstić information content (AvgIpc) is 2.22. The van der Waals surface area contributed by atoms with Crippen molar-refractivity contribution in [2.75, 3.05) is 13.1 Å². The lowest BCUT2D eigenvalue weighted by molar-refractivity contribution is -0.133.